The molecule has 3 aromatic rings. The van der Waals surface area contributed by atoms with Gasteiger partial charge in [-0.25, -0.2) is 4.98 Å². The van der Waals surface area contributed by atoms with E-state index in [0.717, 1.165) is 5.56 Å². The molecule has 1 atom stereocenters. The maximum absolute atomic E-state index is 12.8. The van der Waals surface area contributed by atoms with Crippen LogP contribution in [0.15, 0.2) is 54.9 Å². The first-order valence-electron chi connectivity index (χ1n) is 8.33. The highest BCUT2D eigenvalue weighted by molar-refractivity contribution is 6.35. The van der Waals surface area contributed by atoms with E-state index >= 15 is 0 Å². The summed E-state index contributed by atoms with van der Waals surface area (Å²) < 4.78 is 7.34. The molecule has 0 fully saturated rings. The van der Waals surface area contributed by atoms with Crippen LogP contribution in [0.4, 0.5) is 0 Å². The zero-order valence-corrected chi connectivity index (χ0v) is 16.5. The molecule has 0 spiro atoms. The van der Waals surface area contributed by atoms with E-state index in [0.29, 0.717) is 27.2 Å². The molecule has 1 heterocycles. The quantitative estimate of drug-likeness (QED) is 0.671. The molecule has 0 saturated carbocycles. The van der Waals surface area contributed by atoms with Gasteiger partial charge in [-0.05, 0) is 23.8 Å². The number of halogens is 2. The number of hydrogen-bond donors (Lipinski definition) is 1. The van der Waals surface area contributed by atoms with Crippen LogP contribution >= 0.6 is 23.2 Å². The summed E-state index contributed by atoms with van der Waals surface area (Å²) in [6.07, 6.45) is 3.66. The van der Waals surface area contributed by atoms with E-state index in [-0.39, 0.29) is 12.3 Å². The summed E-state index contributed by atoms with van der Waals surface area (Å²) in [6.45, 7) is 0. The van der Waals surface area contributed by atoms with E-state index in [9.17, 15) is 4.79 Å². The van der Waals surface area contributed by atoms with Gasteiger partial charge < -0.3 is 14.6 Å². The number of benzene rings is 2. The molecule has 2 aromatic carbocycles. The Hall–Kier alpha value is -2.50. The van der Waals surface area contributed by atoms with E-state index in [1.165, 1.54) is 0 Å². The maximum Gasteiger partial charge on any atom is 0.225 e. The van der Waals surface area contributed by atoms with Gasteiger partial charge in [0.05, 0.1) is 13.5 Å². The van der Waals surface area contributed by atoms with Crippen LogP contribution in [0, 0.1) is 0 Å². The lowest BCUT2D eigenvalue weighted by molar-refractivity contribution is -0.121. The van der Waals surface area contributed by atoms with Gasteiger partial charge in [0, 0.05) is 35.1 Å². The molecular weight excluding hydrogens is 385 g/mol. The van der Waals surface area contributed by atoms with Crippen molar-refractivity contribution in [1.29, 1.82) is 0 Å². The van der Waals surface area contributed by atoms with E-state index in [1.54, 1.807) is 31.5 Å². The van der Waals surface area contributed by atoms with E-state index in [1.807, 2.05) is 42.1 Å². The van der Waals surface area contributed by atoms with Crippen LogP contribution in [-0.2, 0) is 18.3 Å². The second-order valence-electron chi connectivity index (χ2n) is 6.05. The average molecular weight is 404 g/mol. The van der Waals surface area contributed by atoms with Gasteiger partial charge >= 0.3 is 0 Å². The number of amides is 1. The van der Waals surface area contributed by atoms with Crippen molar-refractivity contribution in [2.24, 2.45) is 7.05 Å². The van der Waals surface area contributed by atoms with Crippen LogP contribution in [0.3, 0.4) is 0 Å². The number of hydrogen-bond acceptors (Lipinski definition) is 3. The van der Waals surface area contributed by atoms with Crippen LogP contribution in [0.1, 0.15) is 23.0 Å². The predicted octanol–water partition coefficient (Wildman–Crippen LogP) is 4.18. The number of para-hydroxylation sites is 1. The van der Waals surface area contributed by atoms with Gasteiger partial charge in [0.2, 0.25) is 5.91 Å². The summed E-state index contributed by atoms with van der Waals surface area (Å²) in [5, 5.41) is 4.04. The van der Waals surface area contributed by atoms with Gasteiger partial charge in [-0.15, -0.1) is 0 Å². The lowest BCUT2D eigenvalue weighted by Gasteiger charge is -2.21. The number of aromatic nitrogens is 2. The summed E-state index contributed by atoms with van der Waals surface area (Å²) in [5.74, 6) is 1.20. The average Bonchev–Trinajstić information content (AvgIpc) is 3.08. The van der Waals surface area contributed by atoms with Crippen molar-refractivity contribution in [3.63, 3.8) is 0 Å². The summed E-state index contributed by atoms with van der Waals surface area (Å²) in [5.41, 5.74) is 1.53. The lowest BCUT2D eigenvalue weighted by Crippen LogP contribution is -2.32. The van der Waals surface area contributed by atoms with Gasteiger partial charge in [0.25, 0.3) is 0 Å². The number of aryl methyl sites for hydroxylation is 1. The fraction of sp³-hybridized carbons (Fsp3) is 0.200. The minimum atomic E-state index is -0.459. The molecule has 0 aliphatic rings. The predicted molar refractivity (Wildman–Crippen MR) is 106 cm³/mol. The summed E-state index contributed by atoms with van der Waals surface area (Å²) in [6, 6.07) is 12.2. The molecule has 0 saturated heterocycles. The van der Waals surface area contributed by atoms with Crippen molar-refractivity contribution in [1.82, 2.24) is 14.9 Å². The third-order valence-corrected chi connectivity index (χ3v) is 4.82. The Morgan fingerprint density at radius 2 is 2.04 bits per heavy atom. The Kier molecular flexibility index (Phi) is 6.04. The van der Waals surface area contributed by atoms with Crippen LogP contribution in [0.5, 0.6) is 5.75 Å². The fourth-order valence-corrected chi connectivity index (χ4v) is 3.37. The van der Waals surface area contributed by atoms with Gasteiger partial charge in [0.1, 0.15) is 17.6 Å². The molecule has 27 heavy (non-hydrogen) atoms. The molecule has 1 aromatic heterocycles. The number of nitrogens with one attached hydrogen (secondary N) is 1. The van der Waals surface area contributed by atoms with Gasteiger partial charge in [-0.1, -0.05) is 47.5 Å². The molecule has 1 N–H and O–H groups in total. The summed E-state index contributed by atoms with van der Waals surface area (Å²) in [7, 11) is 3.48. The highest BCUT2D eigenvalue weighted by Crippen LogP contribution is 2.29. The summed E-state index contributed by atoms with van der Waals surface area (Å²) in [4.78, 5) is 17.2. The van der Waals surface area contributed by atoms with E-state index < -0.39 is 6.04 Å². The van der Waals surface area contributed by atoms with Crippen LogP contribution in [0.2, 0.25) is 10.0 Å². The van der Waals surface area contributed by atoms with Crippen molar-refractivity contribution < 1.29 is 9.53 Å². The van der Waals surface area contributed by atoms with Gasteiger partial charge in [-0.3, -0.25) is 4.79 Å². The molecule has 140 valence electrons. The number of rotatable bonds is 6. The zero-order chi connectivity index (χ0) is 19.4. The maximum atomic E-state index is 12.8. The Morgan fingerprint density at radius 1 is 1.26 bits per heavy atom. The van der Waals surface area contributed by atoms with Crippen LogP contribution < -0.4 is 10.1 Å². The normalized spacial score (nSPS) is 11.9. The molecule has 7 heteroatoms. The monoisotopic (exact) mass is 403 g/mol. The Bertz CT molecular complexity index is 956. The Labute approximate surface area is 167 Å². The number of ether oxygens (including phenoxy) is 1. The Balaban J connectivity index is 1.90. The smallest absolute Gasteiger partial charge is 0.225 e. The standard InChI is InChI=1S/C20H19Cl2N3O2/c1-25-10-9-23-20(25)19(15-5-3-4-6-17(15)27-2)24-18(26)11-13-7-8-14(21)12-16(13)22/h3-10,12,19H,11H2,1-2H3,(H,24,26). The fourth-order valence-electron chi connectivity index (χ4n) is 2.89. The van der Waals surface area contributed by atoms with Crippen molar-refractivity contribution >= 4 is 29.1 Å². The minimum absolute atomic E-state index is 0.131. The van der Waals surface area contributed by atoms with E-state index in [2.05, 4.69) is 10.3 Å². The molecule has 0 radical (unpaired) electrons. The molecule has 3 rings (SSSR count). The highest BCUT2D eigenvalue weighted by atomic mass is 35.5. The lowest BCUT2D eigenvalue weighted by atomic mass is 10.0. The van der Waals surface area contributed by atoms with Crippen molar-refractivity contribution in [3.8, 4) is 5.75 Å². The third-order valence-electron chi connectivity index (χ3n) is 4.24. The number of nitrogens with zero attached hydrogens (tertiary/aromatic N) is 2. The first-order chi connectivity index (χ1) is 13.0. The van der Waals surface area contributed by atoms with Crippen molar-refractivity contribution in [3.05, 3.63) is 81.9 Å². The van der Waals surface area contributed by atoms with Crippen molar-refractivity contribution in [2.45, 2.75) is 12.5 Å². The highest BCUT2D eigenvalue weighted by Gasteiger charge is 2.24. The second kappa shape index (κ2) is 8.46. The molecule has 0 bridgehead atoms. The van der Waals surface area contributed by atoms with E-state index in [4.69, 9.17) is 27.9 Å². The van der Waals surface area contributed by atoms with Gasteiger partial charge in [-0.2, -0.15) is 0 Å². The van der Waals surface area contributed by atoms with Gasteiger partial charge in [0.15, 0.2) is 0 Å². The van der Waals surface area contributed by atoms with Crippen LogP contribution in [-0.4, -0.2) is 22.6 Å². The molecule has 0 aliphatic carbocycles. The number of methoxy groups -OCH3 is 1. The first-order valence-corrected chi connectivity index (χ1v) is 9.08. The van der Waals surface area contributed by atoms with Crippen molar-refractivity contribution in [2.75, 3.05) is 7.11 Å². The molecular formula is C20H19Cl2N3O2. The van der Waals surface area contributed by atoms with Crippen LogP contribution in [0.25, 0.3) is 0 Å². The molecule has 0 aliphatic heterocycles. The third kappa shape index (κ3) is 4.43. The number of carbonyl (C=O) groups excluding carboxylic acids is 1. The molecule has 1 amide bonds. The topological polar surface area (TPSA) is 56.1 Å². The summed E-state index contributed by atoms with van der Waals surface area (Å²) >= 11 is 12.1. The number of imidazole rings is 1. The Morgan fingerprint density at radius 3 is 2.70 bits per heavy atom. The number of carbonyl (C=O) groups is 1. The molecule has 1 unspecified atom stereocenters. The first kappa shape index (κ1) is 19.3. The molecule has 5 nitrogen and oxygen atoms in total. The minimum Gasteiger partial charge on any atom is -0.496 e. The second-order valence-corrected chi connectivity index (χ2v) is 6.89. The largest absolute Gasteiger partial charge is 0.496 e. The zero-order valence-electron chi connectivity index (χ0n) is 14.9. The SMILES string of the molecule is COc1ccccc1C(NC(=O)Cc1ccc(Cl)cc1Cl)c1nccn1C.